The van der Waals surface area contributed by atoms with Crippen LogP contribution in [0.2, 0.25) is 0 Å². The molecule has 2 aromatic rings. The minimum atomic E-state index is 0. The first-order valence-corrected chi connectivity index (χ1v) is 9.66. The molecule has 0 saturated heterocycles. The predicted octanol–water partition coefficient (Wildman–Crippen LogP) is 5.47. The van der Waals surface area contributed by atoms with Crippen LogP contribution in [0.25, 0.3) is 0 Å². The maximum Gasteiger partial charge on any atom is 0.119 e. The van der Waals surface area contributed by atoms with Gasteiger partial charge in [-0.25, -0.2) is 0 Å². The molecule has 1 aliphatic rings. The highest BCUT2D eigenvalue weighted by Gasteiger charge is 2.29. The van der Waals surface area contributed by atoms with Crippen molar-refractivity contribution < 1.29 is 9.15 Å². The largest absolute Gasteiger partial charge is 0.497 e. The van der Waals surface area contributed by atoms with Gasteiger partial charge >= 0.3 is 0 Å². The molecule has 0 saturated carbocycles. The first-order chi connectivity index (χ1) is 12.2. The van der Waals surface area contributed by atoms with Gasteiger partial charge in [0.05, 0.1) is 13.4 Å². The van der Waals surface area contributed by atoms with Crippen molar-refractivity contribution in [1.82, 2.24) is 4.90 Å². The van der Waals surface area contributed by atoms with E-state index < -0.39 is 0 Å². The summed E-state index contributed by atoms with van der Waals surface area (Å²) in [5.41, 5.74) is 3.00. The van der Waals surface area contributed by atoms with Crippen LogP contribution in [0, 0.1) is 0 Å². The summed E-state index contributed by atoms with van der Waals surface area (Å²) in [5, 5.41) is 0. The van der Waals surface area contributed by atoms with Gasteiger partial charge in [-0.3, -0.25) is 4.90 Å². The van der Waals surface area contributed by atoms with E-state index in [1.54, 1.807) is 13.4 Å². The molecular formula is C22H32ClNO2. The number of halogens is 1. The van der Waals surface area contributed by atoms with E-state index >= 15 is 0 Å². The molecule has 144 valence electrons. The third kappa shape index (κ3) is 4.83. The molecule has 0 amide bonds. The monoisotopic (exact) mass is 377 g/mol. The van der Waals surface area contributed by atoms with E-state index in [-0.39, 0.29) is 12.4 Å². The fourth-order valence-electron chi connectivity index (χ4n) is 4.23. The summed E-state index contributed by atoms with van der Waals surface area (Å²) < 4.78 is 10.9. The lowest BCUT2D eigenvalue weighted by atomic mass is 9.78. The molecule has 0 radical (unpaired) electrons. The fourth-order valence-corrected chi connectivity index (χ4v) is 4.23. The van der Waals surface area contributed by atoms with Gasteiger partial charge in [0.25, 0.3) is 0 Å². The van der Waals surface area contributed by atoms with E-state index in [9.17, 15) is 0 Å². The van der Waals surface area contributed by atoms with Gasteiger partial charge < -0.3 is 9.15 Å². The van der Waals surface area contributed by atoms with Crippen LogP contribution in [0.15, 0.2) is 41.0 Å². The van der Waals surface area contributed by atoms with E-state index in [0.29, 0.717) is 12.0 Å². The van der Waals surface area contributed by atoms with Crippen LogP contribution in [0.4, 0.5) is 0 Å². The average Bonchev–Trinajstić information content (AvgIpc) is 3.17. The summed E-state index contributed by atoms with van der Waals surface area (Å²) in [5.74, 6) is 2.68. The number of ether oxygens (including phenoxy) is 1. The maximum atomic E-state index is 5.53. The average molecular weight is 378 g/mol. The summed E-state index contributed by atoms with van der Waals surface area (Å²) in [6.07, 6.45) is 7.67. The zero-order chi connectivity index (χ0) is 17.6. The highest BCUT2D eigenvalue weighted by atomic mass is 35.5. The molecule has 1 aromatic heterocycles. The number of methoxy groups -OCH3 is 1. The van der Waals surface area contributed by atoms with Crippen molar-refractivity contribution in [3.05, 3.63) is 53.5 Å². The Morgan fingerprint density at radius 2 is 2.12 bits per heavy atom. The molecular weight excluding hydrogens is 346 g/mol. The van der Waals surface area contributed by atoms with E-state index in [0.717, 1.165) is 31.0 Å². The molecule has 0 N–H and O–H groups in total. The van der Waals surface area contributed by atoms with Crippen molar-refractivity contribution in [3.8, 4) is 5.75 Å². The molecule has 3 nitrogen and oxygen atoms in total. The molecule has 0 fully saturated rings. The lowest BCUT2D eigenvalue weighted by Gasteiger charge is -2.38. The summed E-state index contributed by atoms with van der Waals surface area (Å²) >= 11 is 0. The Labute approximate surface area is 164 Å². The number of furan rings is 1. The molecule has 1 aliphatic carbocycles. The van der Waals surface area contributed by atoms with Crippen molar-refractivity contribution in [2.24, 2.45) is 0 Å². The number of aryl methyl sites for hydroxylation is 1. The third-order valence-corrected chi connectivity index (χ3v) is 5.61. The van der Waals surface area contributed by atoms with Crippen molar-refractivity contribution in [3.63, 3.8) is 0 Å². The molecule has 1 heterocycles. The highest BCUT2D eigenvalue weighted by molar-refractivity contribution is 5.85. The van der Waals surface area contributed by atoms with Gasteiger partial charge in [0.1, 0.15) is 11.5 Å². The number of nitrogens with zero attached hydrogens (tertiary/aromatic N) is 1. The minimum Gasteiger partial charge on any atom is -0.497 e. The first kappa shape index (κ1) is 20.9. The summed E-state index contributed by atoms with van der Waals surface area (Å²) in [6, 6.07) is 11.3. The zero-order valence-corrected chi connectivity index (χ0v) is 17.1. The van der Waals surface area contributed by atoms with Crippen molar-refractivity contribution in [2.75, 3.05) is 20.2 Å². The number of benzene rings is 1. The second-order valence-corrected chi connectivity index (χ2v) is 7.17. The second-order valence-electron chi connectivity index (χ2n) is 7.17. The third-order valence-electron chi connectivity index (χ3n) is 5.61. The van der Waals surface area contributed by atoms with Crippen LogP contribution in [0.3, 0.4) is 0 Å². The summed E-state index contributed by atoms with van der Waals surface area (Å²) in [6.45, 7) is 6.88. The fraction of sp³-hybridized carbons (Fsp3) is 0.545. The van der Waals surface area contributed by atoms with Crippen LogP contribution in [-0.2, 0) is 12.8 Å². The smallest absolute Gasteiger partial charge is 0.119 e. The quantitative estimate of drug-likeness (QED) is 0.609. The zero-order valence-electron chi connectivity index (χ0n) is 16.2. The van der Waals surface area contributed by atoms with Crippen molar-refractivity contribution >= 4 is 12.4 Å². The number of rotatable bonds is 8. The van der Waals surface area contributed by atoms with E-state index in [4.69, 9.17) is 9.15 Å². The maximum absolute atomic E-state index is 5.53. The molecule has 26 heavy (non-hydrogen) atoms. The summed E-state index contributed by atoms with van der Waals surface area (Å²) in [7, 11) is 1.75. The molecule has 2 atom stereocenters. The molecule has 4 heteroatoms. The van der Waals surface area contributed by atoms with E-state index in [2.05, 4.69) is 43.0 Å². The first-order valence-electron chi connectivity index (χ1n) is 9.66. The van der Waals surface area contributed by atoms with Crippen LogP contribution >= 0.6 is 12.4 Å². The van der Waals surface area contributed by atoms with Crippen LogP contribution in [-0.4, -0.2) is 31.1 Å². The Morgan fingerprint density at radius 3 is 2.81 bits per heavy atom. The van der Waals surface area contributed by atoms with Crippen LogP contribution < -0.4 is 4.74 Å². The van der Waals surface area contributed by atoms with Gasteiger partial charge in [-0.2, -0.15) is 0 Å². The number of fused-ring (bicyclic) bond motifs is 1. The van der Waals surface area contributed by atoms with Crippen LogP contribution in [0.1, 0.15) is 55.9 Å². The molecule has 0 aliphatic heterocycles. The lowest BCUT2D eigenvalue weighted by Crippen LogP contribution is -2.40. The van der Waals surface area contributed by atoms with Gasteiger partial charge in [0, 0.05) is 19.0 Å². The molecule has 0 spiro atoms. The van der Waals surface area contributed by atoms with Gasteiger partial charge in [0.15, 0.2) is 0 Å². The Balaban J connectivity index is 0.00000243. The van der Waals surface area contributed by atoms with E-state index in [1.165, 1.54) is 36.8 Å². The standard InChI is InChI=1S/C22H31NO2.ClH/c1-4-13-23(14-12-19-8-6-15-25-19)17(2)21-9-5-7-18-16-20(24-3)10-11-22(18)21;/h6,8,10-11,15-17,21H,4-5,7,9,12-14H2,1-3H3;1H. The molecule has 2 unspecified atom stereocenters. The predicted molar refractivity (Wildman–Crippen MR) is 110 cm³/mol. The van der Waals surface area contributed by atoms with Gasteiger partial charge in [-0.05, 0) is 80.5 Å². The Morgan fingerprint density at radius 1 is 1.27 bits per heavy atom. The topological polar surface area (TPSA) is 25.6 Å². The Hall–Kier alpha value is -1.45. The Bertz CT molecular complexity index is 656. The number of hydrogen-bond acceptors (Lipinski definition) is 3. The SMILES string of the molecule is CCCN(CCc1ccco1)C(C)C1CCCc2cc(OC)ccc21.Cl. The summed E-state index contributed by atoms with van der Waals surface area (Å²) in [4.78, 5) is 2.65. The van der Waals surface area contributed by atoms with Gasteiger partial charge in [-0.15, -0.1) is 12.4 Å². The normalized spacial score (nSPS) is 17.5. The molecule has 1 aromatic carbocycles. The lowest BCUT2D eigenvalue weighted by molar-refractivity contribution is 0.173. The van der Waals surface area contributed by atoms with E-state index in [1.807, 2.05) is 6.07 Å². The molecule has 3 rings (SSSR count). The minimum absolute atomic E-state index is 0. The second kappa shape index (κ2) is 10.0. The van der Waals surface area contributed by atoms with Crippen LogP contribution in [0.5, 0.6) is 5.75 Å². The van der Waals surface area contributed by atoms with Crippen molar-refractivity contribution in [2.45, 2.75) is 57.9 Å². The highest BCUT2D eigenvalue weighted by Crippen LogP contribution is 2.37. The molecule has 0 bridgehead atoms. The van der Waals surface area contributed by atoms with Gasteiger partial charge in [0.2, 0.25) is 0 Å². The Kier molecular flexibility index (Phi) is 8.05. The van der Waals surface area contributed by atoms with Crippen molar-refractivity contribution in [1.29, 1.82) is 0 Å². The van der Waals surface area contributed by atoms with Gasteiger partial charge in [-0.1, -0.05) is 13.0 Å². The number of hydrogen-bond donors (Lipinski definition) is 0.